The van der Waals surface area contributed by atoms with E-state index in [-0.39, 0.29) is 12.4 Å². The van der Waals surface area contributed by atoms with Crippen LogP contribution in [0.5, 0.6) is 0 Å². The lowest BCUT2D eigenvalue weighted by Gasteiger charge is -1.98. The van der Waals surface area contributed by atoms with Crippen molar-refractivity contribution in [2.75, 3.05) is 6.61 Å². The predicted molar refractivity (Wildman–Crippen MR) is 71.7 cm³/mol. The van der Waals surface area contributed by atoms with E-state index >= 15 is 0 Å². The van der Waals surface area contributed by atoms with Gasteiger partial charge in [0.05, 0.1) is 24.1 Å². The minimum atomic E-state index is -0.301. The molecule has 0 atom stereocenters. The second-order valence-corrected chi connectivity index (χ2v) is 3.79. The number of nitrogens with zero attached hydrogens (tertiary/aromatic N) is 2. The van der Waals surface area contributed by atoms with Crippen LogP contribution in [0.25, 0.3) is 5.69 Å². The summed E-state index contributed by atoms with van der Waals surface area (Å²) in [5, 5.41) is 4.22. The molecule has 0 amide bonds. The number of ether oxygens (including phenoxy) is 1. The van der Waals surface area contributed by atoms with Gasteiger partial charge < -0.3 is 4.74 Å². The van der Waals surface area contributed by atoms with Gasteiger partial charge in [-0.2, -0.15) is 5.10 Å². The quantitative estimate of drug-likeness (QED) is 0.623. The van der Waals surface area contributed by atoms with Crippen LogP contribution in [-0.4, -0.2) is 22.4 Å². The summed E-state index contributed by atoms with van der Waals surface area (Å²) in [6.07, 6.45) is 3.60. The van der Waals surface area contributed by atoms with E-state index in [2.05, 4.69) is 16.9 Å². The van der Waals surface area contributed by atoms with E-state index in [0.29, 0.717) is 6.61 Å². The molecule has 0 bridgehead atoms. The summed E-state index contributed by atoms with van der Waals surface area (Å²) in [7, 11) is 0. The highest BCUT2D eigenvalue weighted by molar-refractivity contribution is 5.72. The van der Waals surface area contributed by atoms with Crippen LogP contribution in [0.3, 0.4) is 0 Å². The molecule has 19 heavy (non-hydrogen) atoms. The van der Waals surface area contributed by atoms with Gasteiger partial charge in [-0.3, -0.25) is 4.79 Å². The Bertz CT molecular complexity index is 606. The van der Waals surface area contributed by atoms with E-state index in [1.165, 1.54) is 0 Å². The van der Waals surface area contributed by atoms with Crippen molar-refractivity contribution in [3.63, 3.8) is 0 Å². The maximum atomic E-state index is 11.1. The van der Waals surface area contributed by atoms with Crippen molar-refractivity contribution >= 4 is 5.97 Å². The molecule has 0 saturated carbocycles. The lowest BCUT2D eigenvalue weighted by Crippen LogP contribution is -2.01. The zero-order chi connectivity index (χ0) is 13.5. The topological polar surface area (TPSA) is 44.1 Å². The molecule has 0 fully saturated rings. The summed E-state index contributed by atoms with van der Waals surface area (Å²) in [6, 6.07) is 9.77. The van der Waals surface area contributed by atoms with Crippen molar-refractivity contribution in [2.24, 2.45) is 0 Å². The number of benzene rings is 1. The summed E-state index contributed by atoms with van der Waals surface area (Å²) in [6.45, 7) is 2.15. The summed E-state index contributed by atoms with van der Waals surface area (Å²) >= 11 is 0. The Balaban J connectivity index is 2.02. The molecule has 96 valence electrons. The maximum Gasteiger partial charge on any atom is 0.317 e. The second-order valence-electron chi connectivity index (χ2n) is 3.79. The fourth-order valence-electron chi connectivity index (χ4n) is 1.54. The van der Waals surface area contributed by atoms with Crippen molar-refractivity contribution in [1.29, 1.82) is 0 Å². The average molecular weight is 254 g/mol. The standard InChI is InChI=1S/C15H14N2O2/c1-2-19-15(18)10-6-7-13-11-16-17(12-13)14-8-4-3-5-9-14/h3-5,8-9,11-12H,2,10H2,1H3. The van der Waals surface area contributed by atoms with Gasteiger partial charge >= 0.3 is 5.97 Å². The molecule has 0 aliphatic heterocycles. The summed E-state index contributed by atoms with van der Waals surface area (Å²) in [5.41, 5.74) is 1.74. The molecule has 0 aliphatic rings. The highest BCUT2D eigenvalue weighted by Gasteiger charge is 1.99. The van der Waals surface area contributed by atoms with Crippen LogP contribution in [-0.2, 0) is 9.53 Å². The highest BCUT2D eigenvalue weighted by Crippen LogP contribution is 2.06. The molecule has 1 aromatic heterocycles. The van der Waals surface area contributed by atoms with Gasteiger partial charge in [-0.05, 0) is 19.1 Å². The largest absolute Gasteiger partial charge is 0.465 e. The molecular weight excluding hydrogens is 240 g/mol. The fraction of sp³-hybridized carbons (Fsp3) is 0.200. The molecule has 1 aromatic carbocycles. The molecule has 1 heterocycles. The first kappa shape index (κ1) is 12.9. The molecule has 0 unspecified atom stereocenters. The van der Waals surface area contributed by atoms with Crippen LogP contribution in [0.4, 0.5) is 0 Å². The van der Waals surface area contributed by atoms with Crippen LogP contribution < -0.4 is 0 Å². The number of aromatic nitrogens is 2. The Labute approximate surface area is 112 Å². The molecule has 0 spiro atoms. The minimum Gasteiger partial charge on any atom is -0.465 e. The molecule has 4 heteroatoms. The number of para-hydroxylation sites is 1. The first-order valence-corrected chi connectivity index (χ1v) is 6.04. The third-order valence-corrected chi connectivity index (χ3v) is 2.37. The summed E-state index contributed by atoms with van der Waals surface area (Å²) in [4.78, 5) is 11.1. The van der Waals surface area contributed by atoms with Crippen molar-refractivity contribution in [1.82, 2.24) is 9.78 Å². The van der Waals surface area contributed by atoms with E-state index in [9.17, 15) is 4.79 Å². The number of rotatable bonds is 3. The first-order valence-electron chi connectivity index (χ1n) is 6.04. The smallest absolute Gasteiger partial charge is 0.317 e. The zero-order valence-corrected chi connectivity index (χ0v) is 10.7. The first-order chi connectivity index (χ1) is 9.29. The van der Waals surface area contributed by atoms with Crippen molar-refractivity contribution in [3.05, 3.63) is 48.3 Å². The molecule has 2 aromatic rings. The SMILES string of the molecule is CCOC(=O)CC#Cc1cnn(-c2ccccc2)c1. The average Bonchev–Trinajstić information content (AvgIpc) is 2.89. The van der Waals surface area contributed by atoms with Gasteiger partial charge in [0.25, 0.3) is 0 Å². The molecule has 2 rings (SSSR count). The molecule has 0 aliphatic carbocycles. The Morgan fingerprint density at radius 3 is 2.89 bits per heavy atom. The third kappa shape index (κ3) is 3.71. The van der Waals surface area contributed by atoms with Crippen LogP contribution in [0.1, 0.15) is 18.9 Å². The number of carbonyl (C=O) groups is 1. The lowest BCUT2D eigenvalue weighted by atomic mass is 10.3. The van der Waals surface area contributed by atoms with E-state index in [1.807, 2.05) is 36.5 Å². The van der Waals surface area contributed by atoms with E-state index < -0.39 is 0 Å². The van der Waals surface area contributed by atoms with E-state index in [1.54, 1.807) is 17.8 Å². The fourth-order valence-corrected chi connectivity index (χ4v) is 1.54. The zero-order valence-electron chi connectivity index (χ0n) is 10.7. The van der Waals surface area contributed by atoms with Gasteiger partial charge in [-0.15, -0.1) is 0 Å². The lowest BCUT2D eigenvalue weighted by molar-refractivity contribution is -0.141. The van der Waals surface area contributed by atoms with Crippen LogP contribution in [0.2, 0.25) is 0 Å². The van der Waals surface area contributed by atoms with Crippen molar-refractivity contribution < 1.29 is 9.53 Å². The van der Waals surface area contributed by atoms with Gasteiger partial charge in [0.15, 0.2) is 0 Å². The number of hydrogen-bond donors (Lipinski definition) is 0. The van der Waals surface area contributed by atoms with Gasteiger partial charge in [-0.1, -0.05) is 30.0 Å². The third-order valence-electron chi connectivity index (χ3n) is 2.37. The molecule has 0 N–H and O–H groups in total. The van der Waals surface area contributed by atoms with Crippen LogP contribution >= 0.6 is 0 Å². The van der Waals surface area contributed by atoms with E-state index in [0.717, 1.165) is 11.3 Å². The van der Waals surface area contributed by atoms with Gasteiger partial charge in [0.2, 0.25) is 0 Å². The monoisotopic (exact) mass is 254 g/mol. The Morgan fingerprint density at radius 2 is 2.16 bits per heavy atom. The Kier molecular flexibility index (Phi) is 4.35. The Hall–Kier alpha value is -2.54. The van der Waals surface area contributed by atoms with Crippen LogP contribution in [0.15, 0.2) is 42.7 Å². The number of hydrogen-bond acceptors (Lipinski definition) is 3. The molecular formula is C15H14N2O2. The van der Waals surface area contributed by atoms with Crippen molar-refractivity contribution in [3.8, 4) is 17.5 Å². The van der Waals surface area contributed by atoms with E-state index in [4.69, 9.17) is 4.74 Å². The minimum absolute atomic E-state index is 0.102. The van der Waals surface area contributed by atoms with Crippen molar-refractivity contribution in [2.45, 2.75) is 13.3 Å². The predicted octanol–water partition coefficient (Wildman–Crippen LogP) is 2.18. The summed E-state index contributed by atoms with van der Waals surface area (Å²) < 4.78 is 6.54. The molecule has 0 radical (unpaired) electrons. The molecule has 4 nitrogen and oxygen atoms in total. The summed E-state index contributed by atoms with van der Waals surface area (Å²) in [5.74, 6) is 5.36. The van der Waals surface area contributed by atoms with Gasteiger partial charge in [0, 0.05) is 6.20 Å². The van der Waals surface area contributed by atoms with Gasteiger partial charge in [-0.25, -0.2) is 4.68 Å². The number of carbonyl (C=O) groups excluding carboxylic acids is 1. The van der Waals surface area contributed by atoms with Gasteiger partial charge in [0.1, 0.15) is 6.42 Å². The maximum absolute atomic E-state index is 11.1. The normalized spacial score (nSPS) is 9.53. The van der Waals surface area contributed by atoms with Crippen LogP contribution in [0, 0.1) is 11.8 Å². The molecule has 0 saturated heterocycles. The Morgan fingerprint density at radius 1 is 1.37 bits per heavy atom. The number of esters is 1. The second kappa shape index (κ2) is 6.41. The highest BCUT2D eigenvalue weighted by atomic mass is 16.5.